The van der Waals surface area contributed by atoms with Gasteiger partial charge in [0.05, 0.1) is 18.1 Å². The molecule has 126 valence electrons. The fourth-order valence-electron chi connectivity index (χ4n) is 2.41. The van der Waals surface area contributed by atoms with E-state index in [1.165, 1.54) is 6.07 Å². The molecular weight excluding hydrogens is 308 g/mol. The summed E-state index contributed by atoms with van der Waals surface area (Å²) in [4.78, 5) is 12.5. The molecule has 2 aromatic rings. The first kappa shape index (κ1) is 17.7. The van der Waals surface area contributed by atoms with Crippen molar-refractivity contribution in [3.05, 3.63) is 69.8 Å². The predicted molar refractivity (Wildman–Crippen MR) is 94.9 cm³/mol. The highest BCUT2D eigenvalue weighted by atomic mass is 16.6. The quantitative estimate of drug-likeness (QED) is 0.442. The molecule has 0 aromatic heterocycles. The summed E-state index contributed by atoms with van der Waals surface area (Å²) in [6.07, 6.45) is 3.70. The zero-order valence-electron chi connectivity index (χ0n) is 13.2. The minimum atomic E-state index is -0.447. The van der Waals surface area contributed by atoms with Crippen LogP contribution in [0.2, 0.25) is 0 Å². The first-order valence-corrected chi connectivity index (χ1v) is 7.64. The summed E-state index contributed by atoms with van der Waals surface area (Å²) in [7, 11) is 0. The second-order valence-corrected chi connectivity index (χ2v) is 5.18. The van der Waals surface area contributed by atoms with Gasteiger partial charge in [-0.2, -0.15) is 0 Å². The van der Waals surface area contributed by atoms with Crippen LogP contribution in [0.25, 0.3) is 12.2 Å². The Morgan fingerprint density at radius 1 is 0.958 bits per heavy atom. The first-order chi connectivity index (χ1) is 11.7. The van der Waals surface area contributed by atoms with E-state index in [1.54, 1.807) is 17.0 Å². The largest absolute Gasteiger partial charge is 0.395 e. The highest BCUT2D eigenvalue weighted by Gasteiger charge is 2.19. The predicted octanol–water partition coefficient (Wildman–Crippen LogP) is 2.56. The monoisotopic (exact) mass is 328 g/mol. The Balaban J connectivity index is 2.32. The smallest absolute Gasteiger partial charge is 0.293 e. The van der Waals surface area contributed by atoms with Gasteiger partial charge < -0.3 is 15.1 Å². The summed E-state index contributed by atoms with van der Waals surface area (Å²) < 4.78 is 0. The molecular formula is C18H20N2O4. The van der Waals surface area contributed by atoms with Crippen LogP contribution in [0.4, 0.5) is 11.4 Å². The molecule has 6 heteroatoms. The van der Waals surface area contributed by atoms with Gasteiger partial charge in [-0.3, -0.25) is 10.1 Å². The normalized spacial score (nSPS) is 10.9. The highest BCUT2D eigenvalue weighted by molar-refractivity contribution is 5.74. The molecule has 0 atom stereocenters. The zero-order chi connectivity index (χ0) is 17.4. The number of rotatable bonds is 8. The number of aliphatic hydroxyl groups is 2. The van der Waals surface area contributed by atoms with Crippen molar-refractivity contribution in [2.75, 3.05) is 31.2 Å². The molecule has 0 saturated carbocycles. The van der Waals surface area contributed by atoms with Crippen molar-refractivity contribution in [2.45, 2.75) is 0 Å². The molecule has 0 heterocycles. The van der Waals surface area contributed by atoms with Crippen LogP contribution in [-0.4, -0.2) is 41.4 Å². The lowest BCUT2D eigenvalue weighted by Crippen LogP contribution is -2.30. The van der Waals surface area contributed by atoms with Crippen LogP contribution >= 0.6 is 0 Å². The van der Waals surface area contributed by atoms with Crippen molar-refractivity contribution in [3.63, 3.8) is 0 Å². The summed E-state index contributed by atoms with van der Waals surface area (Å²) in [5, 5.41) is 29.6. The van der Waals surface area contributed by atoms with Gasteiger partial charge in [0.2, 0.25) is 0 Å². The Bertz CT molecular complexity index is 695. The maximum absolute atomic E-state index is 11.4. The molecule has 24 heavy (non-hydrogen) atoms. The minimum Gasteiger partial charge on any atom is -0.395 e. The molecule has 2 N–H and O–H groups in total. The number of benzene rings is 2. The van der Waals surface area contributed by atoms with Gasteiger partial charge in [0.25, 0.3) is 5.69 Å². The Labute approximate surface area is 140 Å². The number of nitro groups is 1. The molecule has 2 aromatic carbocycles. The number of nitro benzene ring substituents is 1. The fourth-order valence-corrected chi connectivity index (χ4v) is 2.41. The lowest BCUT2D eigenvalue weighted by Gasteiger charge is -2.22. The van der Waals surface area contributed by atoms with E-state index in [9.17, 15) is 10.1 Å². The fraction of sp³-hybridized carbons (Fsp3) is 0.222. The SMILES string of the molecule is O=[N+]([O-])c1cc(/C=C/c2ccccc2)ccc1N(CCO)CCO. The number of nitrogens with zero attached hydrogens (tertiary/aromatic N) is 2. The third-order valence-corrected chi connectivity index (χ3v) is 3.54. The van der Waals surface area contributed by atoms with E-state index in [1.807, 2.05) is 42.5 Å². The van der Waals surface area contributed by atoms with E-state index < -0.39 is 4.92 Å². The van der Waals surface area contributed by atoms with Crippen LogP contribution in [0.3, 0.4) is 0 Å². The van der Waals surface area contributed by atoms with Gasteiger partial charge in [-0.1, -0.05) is 48.6 Å². The van der Waals surface area contributed by atoms with Gasteiger partial charge >= 0.3 is 0 Å². The first-order valence-electron chi connectivity index (χ1n) is 7.64. The van der Waals surface area contributed by atoms with Gasteiger partial charge in [-0.25, -0.2) is 0 Å². The van der Waals surface area contributed by atoms with E-state index in [0.29, 0.717) is 11.3 Å². The molecule has 0 bridgehead atoms. The van der Waals surface area contributed by atoms with Crippen molar-refractivity contribution in [1.82, 2.24) is 0 Å². The summed E-state index contributed by atoms with van der Waals surface area (Å²) in [6, 6.07) is 14.6. The average Bonchev–Trinajstić information content (AvgIpc) is 2.60. The maximum atomic E-state index is 11.4. The molecule has 0 spiro atoms. The van der Waals surface area contributed by atoms with Crippen molar-refractivity contribution < 1.29 is 15.1 Å². The summed E-state index contributed by atoms with van der Waals surface area (Å²) in [5.41, 5.74) is 2.06. The van der Waals surface area contributed by atoms with Gasteiger partial charge in [-0.15, -0.1) is 0 Å². The zero-order valence-corrected chi connectivity index (χ0v) is 13.2. The lowest BCUT2D eigenvalue weighted by molar-refractivity contribution is -0.384. The Morgan fingerprint density at radius 2 is 1.58 bits per heavy atom. The molecule has 6 nitrogen and oxygen atoms in total. The Morgan fingerprint density at radius 3 is 2.17 bits per heavy atom. The van der Waals surface area contributed by atoms with Crippen LogP contribution in [-0.2, 0) is 0 Å². The third kappa shape index (κ3) is 4.65. The molecule has 0 unspecified atom stereocenters. The number of hydrogen-bond acceptors (Lipinski definition) is 5. The van der Waals surface area contributed by atoms with Crippen molar-refractivity contribution in [3.8, 4) is 0 Å². The Hall–Kier alpha value is -2.70. The van der Waals surface area contributed by atoms with Crippen LogP contribution in [0, 0.1) is 10.1 Å². The second kappa shape index (κ2) is 8.81. The molecule has 0 fully saturated rings. The number of aliphatic hydroxyl groups excluding tert-OH is 2. The van der Waals surface area contributed by atoms with Crippen LogP contribution in [0.1, 0.15) is 11.1 Å². The number of anilines is 1. The second-order valence-electron chi connectivity index (χ2n) is 5.18. The minimum absolute atomic E-state index is 0.0490. The van der Waals surface area contributed by atoms with Gasteiger partial charge in [0.15, 0.2) is 0 Å². The summed E-state index contributed by atoms with van der Waals surface area (Å²) in [5.74, 6) is 0. The van der Waals surface area contributed by atoms with Crippen molar-refractivity contribution >= 4 is 23.5 Å². The van der Waals surface area contributed by atoms with E-state index in [0.717, 1.165) is 5.56 Å². The molecule has 0 aliphatic heterocycles. The molecule has 2 rings (SSSR count). The maximum Gasteiger partial charge on any atom is 0.293 e. The number of hydrogen-bond donors (Lipinski definition) is 2. The van der Waals surface area contributed by atoms with E-state index in [-0.39, 0.29) is 32.0 Å². The van der Waals surface area contributed by atoms with Crippen LogP contribution < -0.4 is 4.90 Å². The van der Waals surface area contributed by atoms with E-state index in [4.69, 9.17) is 10.2 Å². The lowest BCUT2D eigenvalue weighted by atomic mass is 10.1. The van der Waals surface area contributed by atoms with Crippen LogP contribution in [0.5, 0.6) is 0 Å². The molecule has 0 aliphatic rings. The third-order valence-electron chi connectivity index (χ3n) is 3.54. The molecule has 0 aliphatic carbocycles. The van der Waals surface area contributed by atoms with Crippen LogP contribution in [0.15, 0.2) is 48.5 Å². The van der Waals surface area contributed by atoms with Gasteiger partial charge in [0.1, 0.15) is 5.69 Å². The van der Waals surface area contributed by atoms with E-state index in [2.05, 4.69) is 0 Å². The average molecular weight is 328 g/mol. The van der Waals surface area contributed by atoms with E-state index >= 15 is 0 Å². The molecule has 0 amide bonds. The molecule has 0 saturated heterocycles. The van der Waals surface area contributed by atoms with Crippen molar-refractivity contribution in [1.29, 1.82) is 0 Å². The summed E-state index contributed by atoms with van der Waals surface area (Å²) >= 11 is 0. The topological polar surface area (TPSA) is 86.8 Å². The Kier molecular flexibility index (Phi) is 6.48. The summed E-state index contributed by atoms with van der Waals surface area (Å²) in [6.45, 7) is 0.154. The highest BCUT2D eigenvalue weighted by Crippen LogP contribution is 2.29. The van der Waals surface area contributed by atoms with Crippen molar-refractivity contribution in [2.24, 2.45) is 0 Å². The van der Waals surface area contributed by atoms with Gasteiger partial charge in [-0.05, 0) is 17.2 Å². The molecule has 0 radical (unpaired) electrons. The standard InChI is InChI=1S/C18H20N2O4/c21-12-10-19(11-13-22)17-9-8-16(14-18(17)20(23)24)7-6-15-4-2-1-3-5-15/h1-9,14,21-22H,10-13H2/b7-6+. The van der Waals surface area contributed by atoms with Gasteiger partial charge in [0, 0.05) is 19.2 Å².